The number of halogens is 3. The number of hydrogen-bond acceptors (Lipinski definition) is 6. The van der Waals surface area contributed by atoms with E-state index in [1.165, 1.54) is 15.2 Å². The highest BCUT2D eigenvalue weighted by atomic mass is 19.4. The number of aryl methyl sites for hydroxylation is 1. The number of nitrogens with zero attached hydrogens (tertiary/aromatic N) is 6. The zero-order valence-corrected chi connectivity index (χ0v) is 19.0. The first-order chi connectivity index (χ1) is 16.7. The summed E-state index contributed by atoms with van der Waals surface area (Å²) in [6, 6.07) is 5.59. The minimum Gasteiger partial charge on any atom is -0.332 e. The van der Waals surface area contributed by atoms with Gasteiger partial charge in [0.1, 0.15) is 22.9 Å². The Morgan fingerprint density at radius 3 is 2.46 bits per heavy atom. The van der Waals surface area contributed by atoms with Gasteiger partial charge in [-0.2, -0.15) is 13.2 Å². The molecular formula is C23H22F3N7O2. The second-order valence-corrected chi connectivity index (χ2v) is 8.49. The third-order valence-corrected chi connectivity index (χ3v) is 5.96. The molecule has 182 valence electrons. The van der Waals surface area contributed by atoms with Crippen LogP contribution < -0.4 is 16.1 Å². The number of alkyl halides is 3. The Morgan fingerprint density at radius 2 is 1.89 bits per heavy atom. The van der Waals surface area contributed by atoms with Gasteiger partial charge in [0.2, 0.25) is 0 Å². The number of hydrogen-bond donors (Lipinski definition) is 1. The molecule has 0 spiro atoms. The van der Waals surface area contributed by atoms with Crippen LogP contribution in [-0.2, 0) is 12.7 Å². The van der Waals surface area contributed by atoms with Crippen LogP contribution in [0.4, 0.5) is 24.7 Å². The molecule has 4 aromatic heterocycles. The van der Waals surface area contributed by atoms with Gasteiger partial charge in [0.25, 0.3) is 5.56 Å². The van der Waals surface area contributed by atoms with E-state index in [-0.39, 0.29) is 22.8 Å². The highest BCUT2D eigenvalue weighted by Gasteiger charge is 2.32. The molecule has 0 radical (unpaired) electrons. The van der Waals surface area contributed by atoms with Crippen LogP contribution >= 0.6 is 0 Å². The highest BCUT2D eigenvalue weighted by molar-refractivity contribution is 5.75. The Labute approximate surface area is 196 Å². The molecule has 0 amide bonds. The van der Waals surface area contributed by atoms with Crippen molar-refractivity contribution in [1.82, 2.24) is 29.1 Å². The molecule has 4 aromatic rings. The minimum absolute atomic E-state index is 0.0644. The first-order valence-corrected chi connectivity index (χ1v) is 11.2. The number of rotatable bonds is 6. The lowest BCUT2D eigenvalue weighted by Gasteiger charge is -2.18. The van der Waals surface area contributed by atoms with Gasteiger partial charge in [-0.3, -0.25) is 13.9 Å². The third kappa shape index (κ3) is 4.08. The fourth-order valence-electron chi connectivity index (χ4n) is 3.96. The summed E-state index contributed by atoms with van der Waals surface area (Å²) in [5, 5.41) is 0. The number of aromatic nitrogens is 6. The fraction of sp³-hybridized carbons (Fsp3) is 0.348. The molecule has 1 saturated carbocycles. The summed E-state index contributed by atoms with van der Waals surface area (Å²) < 4.78 is 41.1. The maximum absolute atomic E-state index is 13.0. The summed E-state index contributed by atoms with van der Waals surface area (Å²) in [6.45, 7) is 2.39. The largest absolute Gasteiger partial charge is 0.433 e. The number of pyridine rings is 2. The topological polar surface area (TPSA) is 102 Å². The number of imidazole rings is 1. The molecule has 35 heavy (non-hydrogen) atoms. The van der Waals surface area contributed by atoms with Crippen molar-refractivity contribution in [3.8, 4) is 11.4 Å². The first-order valence-electron chi connectivity index (χ1n) is 11.2. The van der Waals surface area contributed by atoms with Gasteiger partial charge in [-0.15, -0.1) is 0 Å². The Bertz CT molecular complexity index is 1500. The molecule has 1 aliphatic rings. The van der Waals surface area contributed by atoms with Crippen molar-refractivity contribution in [2.45, 2.75) is 44.9 Å². The van der Waals surface area contributed by atoms with E-state index < -0.39 is 11.9 Å². The normalized spacial score (nSPS) is 14.0. The standard InChI is InChI=1S/C23H22F3N7O2/c1-3-10-32-20-18(21(34)33(22(32)35)14-5-6-14)29-19(30-20)13-4-9-17(28-11-13)31(2)15-7-8-16(27-12-15)23(24,25)26/h4,7-9,11-12,14H,3,5-6,10H2,1-2H3,(H,29,30). The number of aromatic amines is 1. The molecule has 0 bridgehead atoms. The van der Waals surface area contributed by atoms with Gasteiger partial charge in [0.05, 0.1) is 11.9 Å². The molecule has 1 aliphatic carbocycles. The predicted molar refractivity (Wildman–Crippen MR) is 124 cm³/mol. The van der Waals surface area contributed by atoms with E-state index in [1.54, 1.807) is 30.3 Å². The molecule has 0 unspecified atom stereocenters. The van der Waals surface area contributed by atoms with Crippen LogP contribution in [0.25, 0.3) is 22.6 Å². The Kier molecular flexibility index (Phi) is 5.45. The van der Waals surface area contributed by atoms with Crippen LogP contribution in [0.5, 0.6) is 0 Å². The Balaban J connectivity index is 1.48. The van der Waals surface area contributed by atoms with Crippen LogP contribution in [0.1, 0.15) is 37.9 Å². The first kappa shape index (κ1) is 22.8. The molecule has 4 heterocycles. The average Bonchev–Trinajstić information content (AvgIpc) is 3.57. The zero-order chi connectivity index (χ0) is 24.9. The SMILES string of the molecule is CCCn1c(=O)n(C2CC2)c(=O)c2[nH]c(-c3ccc(N(C)c4ccc(C(F)(F)F)nc4)nc3)nc21. The smallest absolute Gasteiger partial charge is 0.332 e. The number of fused-ring (bicyclic) bond motifs is 1. The van der Waals surface area contributed by atoms with Crippen LogP contribution in [0.2, 0.25) is 0 Å². The van der Waals surface area contributed by atoms with Crippen LogP contribution in [-0.4, -0.2) is 36.1 Å². The van der Waals surface area contributed by atoms with E-state index in [0.29, 0.717) is 41.5 Å². The van der Waals surface area contributed by atoms with Gasteiger partial charge in [0, 0.05) is 31.4 Å². The van der Waals surface area contributed by atoms with Crippen molar-refractivity contribution in [2.24, 2.45) is 0 Å². The molecule has 0 aliphatic heterocycles. The highest BCUT2D eigenvalue weighted by Crippen LogP contribution is 2.33. The molecule has 9 nitrogen and oxygen atoms in total. The summed E-state index contributed by atoms with van der Waals surface area (Å²) in [5.41, 5.74) is -0.0706. The summed E-state index contributed by atoms with van der Waals surface area (Å²) in [4.78, 5) is 43.0. The van der Waals surface area contributed by atoms with Gasteiger partial charge in [-0.1, -0.05) is 6.92 Å². The van der Waals surface area contributed by atoms with E-state index in [4.69, 9.17) is 0 Å². The second-order valence-electron chi connectivity index (χ2n) is 8.49. The van der Waals surface area contributed by atoms with Crippen molar-refractivity contribution in [2.75, 3.05) is 11.9 Å². The number of anilines is 2. The van der Waals surface area contributed by atoms with Gasteiger partial charge in [-0.25, -0.2) is 19.7 Å². The lowest BCUT2D eigenvalue weighted by molar-refractivity contribution is -0.141. The van der Waals surface area contributed by atoms with E-state index in [2.05, 4.69) is 19.9 Å². The second kappa shape index (κ2) is 8.36. The Morgan fingerprint density at radius 1 is 1.11 bits per heavy atom. The third-order valence-electron chi connectivity index (χ3n) is 5.96. The van der Waals surface area contributed by atoms with Crippen LogP contribution in [0.15, 0.2) is 46.2 Å². The van der Waals surface area contributed by atoms with Crippen molar-refractivity contribution >= 4 is 22.7 Å². The van der Waals surface area contributed by atoms with Crippen molar-refractivity contribution in [1.29, 1.82) is 0 Å². The molecule has 0 atom stereocenters. The number of nitrogens with one attached hydrogen (secondary N) is 1. The summed E-state index contributed by atoms with van der Waals surface area (Å²) in [7, 11) is 1.66. The molecular weight excluding hydrogens is 463 g/mol. The average molecular weight is 485 g/mol. The van der Waals surface area contributed by atoms with Gasteiger partial charge in [0.15, 0.2) is 5.65 Å². The fourth-order valence-corrected chi connectivity index (χ4v) is 3.96. The molecule has 1 fully saturated rings. The summed E-state index contributed by atoms with van der Waals surface area (Å²) in [5.74, 6) is 0.873. The van der Waals surface area contributed by atoms with Crippen LogP contribution in [0, 0.1) is 0 Å². The summed E-state index contributed by atoms with van der Waals surface area (Å²) >= 11 is 0. The van der Waals surface area contributed by atoms with Crippen LogP contribution in [0.3, 0.4) is 0 Å². The predicted octanol–water partition coefficient (Wildman–Crippen LogP) is 3.87. The maximum atomic E-state index is 13.0. The quantitative estimate of drug-likeness (QED) is 0.445. The van der Waals surface area contributed by atoms with E-state index in [0.717, 1.165) is 25.1 Å². The van der Waals surface area contributed by atoms with E-state index in [1.807, 2.05) is 6.92 Å². The number of H-pyrrole nitrogens is 1. The molecule has 12 heteroatoms. The molecule has 0 saturated heterocycles. The van der Waals surface area contributed by atoms with Crippen molar-refractivity contribution < 1.29 is 13.2 Å². The van der Waals surface area contributed by atoms with E-state index in [9.17, 15) is 22.8 Å². The van der Waals surface area contributed by atoms with Gasteiger partial charge >= 0.3 is 11.9 Å². The van der Waals surface area contributed by atoms with E-state index >= 15 is 0 Å². The zero-order valence-electron chi connectivity index (χ0n) is 19.0. The molecule has 5 rings (SSSR count). The maximum Gasteiger partial charge on any atom is 0.433 e. The Hall–Kier alpha value is -3.96. The monoisotopic (exact) mass is 485 g/mol. The summed E-state index contributed by atoms with van der Waals surface area (Å²) in [6.07, 6.45) is 0.496. The molecule has 0 aromatic carbocycles. The minimum atomic E-state index is -4.51. The lowest BCUT2D eigenvalue weighted by Crippen LogP contribution is -2.39. The van der Waals surface area contributed by atoms with Gasteiger partial charge < -0.3 is 9.88 Å². The van der Waals surface area contributed by atoms with Gasteiger partial charge in [-0.05, 0) is 43.5 Å². The van der Waals surface area contributed by atoms with Crippen molar-refractivity contribution in [3.05, 3.63) is 63.2 Å². The lowest BCUT2D eigenvalue weighted by atomic mass is 10.2. The molecule has 1 N–H and O–H groups in total. The van der Waals surface area contributed by atoms with Crippen molar-refractivity contribution in [3.63, 3.8) is 0 Å².